The highest BCUT2D eigenvalue weighted by Crippen LogP contribution is 2.40. The van der Waals surface area contributed by atoms with Crippen molar-refractivity contribution in [1.82, 2.24) is 0 Å². The van der Waals surface area contributed by atoms with Gasteiger partial charge in [0.05, 0.1) is 21.4 Å². The average Bonchev–Trinajstić information content (AvgIpc) is 2.32. The number of carbonyl (C=O) groups excluding carboxylic acids is 1. The highest BCUT2D eigenvalue weighted by molar-refractivity contribution is 6.42. The van der Waals surface area contributed by atoms with Crippen LogP contribution in [-0.4, -0.2) is 18.5 Å². The van der Waals surface area contributed by atoms with E-state index < -0.39 is 0 Å². The summed E-state index contributed by atoms with van der Waals surface area (Å²) < 4.78 is 0. The van der Waals surface area contributed by atoms with E-state index in [1.807, 2.05) is 6.07 Å². The number of hydrogen-bond donors (Lipinski definition) is 1. The van der Waals surface area contributed by atoms with Gasteiger partial charge in [0.25, 0.3) is 0 Å². The summed E-state index contributed by atoms with van der Waals surface area (Å²) in [4.78, 5) is 14.1. The van der Waals surface area contributed by atoms with Gasteiger partial charge in [-0.25, -0.2) is 0 Å². The van der Waals surface area contributed by atoms with Crippen molar-refractivity contribution in [1.29, 1.82) is 0 Å². The number of nitrogens with one attached hydrogen (secondary N) is 1. The van der Waals surface area contributed by atoms with Crippen molar-refractivity contribution in [2.24, 2.45) is 0 Å². The Hall–Kier alpha value is -0.930. The average molecular weight is 271 g/mol. The summed E-state index contributed by atoms with van der Waals surface area (Å²) in [5.41, 5.74) is 1.76. The number of carbonyl (C=O) groups is 1. The first-order valence-electron chi connectivity index (χ1n) is 5.73. The van der Waals surface area contributed by atoms with Gasteiger partial charge in [-0.2, -0.15) is 0 Å². The van der Waals surface area contributed by atoms with Crippen LogP contribution in [0.25, 0.3) is 0 Å². The van der Waals surface area contributed by atoms with Crippen LogP contribution in [0.3, 0.4) is 0 Å². The molecule has 0 bridgehead atoms. The molecule has 0 saturated carbocycles. The Kier molecular flexibility index (Phi) is 2.68. The molecule has 5 heteroatoms. The summed E-state index contributed by atoms with van der Waals surface area (Å²) in [6.45, 7) is 0.906. The second kappa shape index (κ2) is 4.07. The maximum Gasteiger partial charge on any atom is 0.247 e. The number of halogens is 2. The predicted molar refractivity (Wildman–Crippen MR) is 70.1 cm³/mol. The van der Waals surface area contributed by atoms with Gasteiger partial charge in [0.15, 0.2) is 0 Å². The molecule has 0 radical (unpaired) electrons. The lowest BCUT2D eigenvalue weighted by Gasteiger charge is -2.41. The Bertz CT molecular complexity index is 490. The zero-order valence-electron chi connectivity index (χ0n) is 9.17. The van der Waals surface area contributed by atoms with Gasteiger partial charge in [0.2, 0.25) is 5.91 Å². The van der Waals surface area contributed by atoms with Gasteiger partial charge in [-0.1, -0.05) is 23.2 Å². The minimum atomic E-state index is -0.0477. The quantitative estimate of drug-likeness (QED) is 0.785. The standard InChI is InChI=1S/C12H12Cl2N2O/c13-7-5-9-11(6-8(7)14)16-4-2-1-3-10(16)12(17)15-9/h5-6,10H,1-4H2,(H,15,17). The van der Waals surface area contributed by atoms with Gasteiger partial charge in [-0.3, -0.25) is 4.79 Å². The molecule has 0 spiro atoms. The fourth-order valence-electron chi connectivity index (χ4n) is 2.58. The topological polar surface area (TPSA) is 32.3 Å². The van der Waals surface area contributed by atoms with Gasteiger partial charge >= 0.3 is 0 Å². The first kappa shape index (κ1) is 11.2. The van der Waals surface area contributed by atoms with E-state index >= 15 is 0 Å². The summed E-state index contributed by atoms with van der Waals surface area (Å²) in [6, 6.07) is 3.52. The first-order chi connectivity index (χ1) is 8.16. The van der Waals surface area contributed by atoms with Crippen molar-refractivity contribution >= 4 is 40.5 Å². The van der Waals surface area contributed by atoms with Crippen LogP contribution in [0.15, 0.2) is 12.1 Å². The SMILES string of the molecule is O=C1Nc2cc(Cl)c(Cl)cc2N2CCCCC12. The van der Waals surface area contributed by atoms with Crippen molar-refractivity contribution in [3.63, 3.8) is 0 Å². The van der Waals surface area contributed by atoms with Crippen LogP contribution >= 0.6 is 23.2 Å². The van der Waals surface area contributed by atoms with Crippen molar-refractivity contribution in [2.75, 3.05) is 16.8 Å². The third-order valence-corrected chi connectivity index (χ3v) is 4.13. The highest BCUT2D eigenvalue weighted by atomic mass is 35.5. The zero-order valence-corrected chi connectivity index (χ0v) is 10.7. The van der Waals surface area contributed by atoms with E-state index in [4.69, 9.17) is 23.2 Å². The second-order valence-corrected chi connectivity index (χ2v) is 5.29. The fraction of sp³-hybridized carbons (Fsp3) is 0.417. The smallest absolute Gasteiger partial charge is 0.247 e. The molecule has 1 N–H and O–H groups in total. The molecule has 1 fully saturated rings. The molecule has 1 saturated heterocycles. The normalized spacial score (nSPS) is 22.8. The number of piperidine rings is 1. The summed E-state index contributed by atoms with van der Waals surface area (Å²) in [5, 5.41) is 3.91. The monoisotopic (exact) mass is 270 g/mol. The highest BCUT2D eigenvalue weighted by Gasteiger charge is 2.34. The van der Waals surface area contributed by atoms with Gasteiger partial charge in [-0.15, -0.1) is 0 Å². The molecule has 3 rings (SSSR count). The molecule has 0 aliphatic carbocycles. The maximum absolute atomic E-state index is 12.0. The number of hydrogen-bond acceptors (Lipinski definition) is 2. The third-order valence-electron chi connectivity index (χ3n) is 3.41. The number of rotatable bonds is 0. The Labute approximate surface area is 110 Å². The van der Waals surface area contributed by atoms with Crippen LogP contribution < -0.4 is 10.2 Å². The number of anilines is 2. The molecule has 17 heavy (non-hydrogen) atoms. The Morgan fingerprint density at radius 3 is 2.82 bits per heavy atom. The number of benzene rings is 1. The lowest BCUT2D eigenvalue weighted by atomic mass is 9.97. The van der Waals surface area contributed by atoms with E-state index in [0.717, 1.165) is 37.2 Å². The van der Waals surface area contributed by atoms with Crippen molar-refractivity contribution in [3.05, 3.63) is 22.2 Å². The van der Waals surface area contributed by atoms with E-state index in [0.29, 0.717) is 10.0 Å². The van der Waals surface area contributed by atoms with E-state index in [-0.39, 0.29) is 11.9 Å². The number of amides is 1. The zero-order chi connectivity index (χ0) is 12.0. The molecule has 1 amide bonds. The van der Waals surface area contributed by atoms with Crippen molar-refractivity contribution in [2.45, 2.75) is 25.3 Å². The molecule has 2 aliphatic rings. The Balaban J connectivity index is 2.10. The molecular formula is C12H12Cl2N2O. The fourth-order valence-corrected chi connectivity index (χ4v) is 2.90. The van der Waals surface area contributed by atoms with Crippen LogP contribution in [0.4, 0.5) is 11.4 Å². The van der Waals surface area contributed by atoms with E-state index in [2.05, 4.69) is 10.2 Å². The minimum absolute atomic E-state index is 0.0477. The molecule has 1 aromatic carbocycles. The molecule has 1 atom stereocenters. The molecular weight excluding hydrogens is 259 g/mol. The molecule has 0 aromatic heterocycles. The van der Waals surface area contributed by atoms with Crippen LogP contribution in [0.5, 0.6) is 0 Å². The predicted octanol–water partition coefficient (Wildman–Crippen LogP) is 3.30. The van der Waals surface area contributed by atoms with Gasteiger partial charge in [0, 0.05) is 6.54 Å². The van der Waals surface area contributed by atoms with Gasteiger partial charge < -0.3 is 10.2 Å². The van der Waals surface area contributed by atoms with Crippen LogP contribution in [0.1, 0.15) is 19.3 Å². The summed E-state index contributed by atoms with van der Waals surface area (Å²) >= 11 is 12.0. The molecule has 2 aliphatic heterocycles. The third kappa shape index (κ3) is 1.78. The summed E-state index contributed by atoms with van der Waals surface area (Å²) in [7, 11) is 0. The van der Waals surface area contributed by atoms with Crippen LogP contribution in [-0.2, 0) is 4.79 Å². The first-order valence-corrected chi connectivity index (χ1v) is 6.49. The van der Waals surface area contributed by atoms with E-state index in [9.17, 15) is 4.79 Å². The molecule has 1 unspecified atom stereocenters. The number of nitrogens with zero attached hydrogens (tertiary/aromatic N) is 1. The maximum atomic E-state index is 12.0. The lowest BCUT2D eigenvalue weighted by molar-refractivity contribution is -0.118. The van der Waals surface area contributed by atoms with Crippen molar-refractivity contribution in [3.8, 4) is 0 Å². The van der Waals surface area contributed by atoms with Gasteiger partial charge in [0.1, 0.15) is 6.04 Å². The van der Waals surface area contributed by atoms with Crippen LogP contribution in [0, 0.1) is 0 Å². The molecule has 1 aromatic rings. The van der Waals surface area contributed by atoms with Gasteiger partial charge in [-0.05, 0) is 31.4 Å². The molecule has 90 valence electrons. The Morgan fingerprint density at radius 1 is 1.24 bits per heavy atom. The minimum Gasteiger partial charge on any atom is -0.358 e. The van der Waals surface area contributed by atoms with E-state index in [1.165, 1.54) is 0 Å². The second-order valence-electron chi connectivity index (χ2n) is 4.48. The lowest BCUT2D eigenvalue weighted by Crippen LogP contribution is -2.50. The molecule has 2 heterocycles. The Morgan fingerprint density at radius 2 is 2.00 bits per heavy atom. The number of fused-ring (bicyclic) bond motifs is 3. The van der Waals surface area contributed by atoms with E-state index in [1.54, 1.807) is 6.07 Å². The van der Waals surface area contributed by atoms with Crippen molar-refractivity contribution < 1.29 is 4.79 Å². The summed E-state index contributed by atoms with van der Waals surface area (Å²) in [6.07, 6.45) is 3.13. The van der Waals surface area contributed by atoms with Crippen LogP contribution in [0.2, 0.25) is 10.0 Å². The largest absolute Gasteiger partial charge is 0.358 e. The molecule has 3 nitrogen and oxygen atoms in total. The summed E-state index contributed by atoms with van der Waals surface area (Å²) in [5.74, 6) is 0.0654.